The fraction of sp³-hybridized carbons (Fsp3) is 0.296. The average molecular weight is 445 g/mol. The molecule has 0 amide bonds. The van der Waals surface area contributed by atoms with Gasteiger partial charge in [0.1, 0.15) is 5.65 Å². The summed E-state index contributed by atoms with van der Waals surface area (Å²) in [5.74, 6) is 0. The second-order valence-electron chi connectivity index (χ2n) is 8.55. The molecule has 4 nitrogen and oxygen atoms in total. The Balaban J connectivity index is 1.21. The van der Waals surface area contributed by atoms with Crippen molar-refractivity contribution in [3.05, 3.63) is 95.3 Å². The predicted molar refractivity (Wildman–Crippen MR) is 132 cm³/mol. The van der Waals surface area contributed by atoms with Crippen LogP contribution >= 0.6 is 11.6 Å². The zero-order valence-corrected chi connectivity index (χ0v) is 19.1. The van der Waals surface area contributed by atoms with Gasteiger partial charge in [-0.05, 0) is 49.2 Å². The van der Waals surface area contributed by atoms with E-state index in [9.17, 15) is 0 Å². The van der Waals surface area contributed by atoms with Crippen LogP contribution in [0, 0.1) is 0 Å². The van der Waals surface area contributed by atoms with Crippen LogP contribution in [0.25, 0.3) is 16.9 Å². The number of benzene rings is 2. The van der Waals surface area contributed by atoms with E-state index in [1.165, 1.54) is 11.3 Å². The van der Waals surface area contributed by atoms with Crippen LogP contribution in [0.4, 0.5) is 0 Å². The van der Waals surface area contributed by atoms with Gasteiger partial charge in [-0.2, -0.15) is 0 Å². The Bertz CT molecular complexity index is 1150. The second kappa shape index (κ2) is 9.86. The molecular formula is C27H29ClN4. The maximum Gasteiger partial charge on any atom is 0.137 e. The van der Waals surface area contributed by atoms with E-state index in [0.29, 0.717) is 0 Å². The van der Waals surface area contributed by atoms with Crippen molar-refractivity contribution in [3.8, 4) is 11.3 Å². The van der Waals surface area contributed by atoms with E-state index in [4.69, 9.17) is 16.6 Å². The molecule has 0 radical (unpaired) electrons. The number of nitrogens with zero attached hydrogens (tertiary/aromatic N) is 4. The van der Waals surface area contributed by atoms with Crippen LogP contribution in [0.15, 0.2) is 79.0 Å². The van der Waals surface area contributed by atoms with Gasteiger partial charge in [-0.1, -0.05) is 60.1 Å². The minimum absolute atomic E-state index is 0.755. The number of aromatic nitrogens is 2. The first-order chi connectivity index (χ1) is 15.8. The van der Waals surface area contributed by atoms with Crippen molar-refractivity contribution >= 4 is 17.2 Å². The molecule has 3 heterocycles. The number of aryl methyl sites for hydroxylation is 1. The molecule has 1 aliphatic heterocycles. The maximum atomic E-state index is 6.11. The summed E-state index contributed by atoms with van der Waals surface area (Å²) in [6, 6.07) is 25.0. The monoisotopic (exact) mass is 444 g/mol. The normalized spacial score (nSPS) is 15.4. The van der Waals surface area contributed by atoms with Crippen molar-refractivity contribution in [2.45, 2.75) is 19.4 Å². The van der Waals surface area contributed by atoms with Crippen LogP contribution in [-0.2, 0) is 13.0 Å². The summed E-state index contributed by atoms with van der Waals surface area (Å²) in [5, 5.41) is 0.755. The van der Waals surface area contributed by atoms with Gasteiger partial charge in [0.2, 0.25) is 0 Å². The van der Waals surface area contributed by atoms with E-state index in [1.54, 1.807) is 0 Å². The van der Waals surface area contributed by atoms with E-state index >= 15 is 0 Å². The summed E-state index contributed by atoms with van der Waals surface area (Å²) in [6.07, 6.45) is 4.26. The van der Waals surface area contributed by atoms with Gasteiger partial charge < -0.3 is 9.30 Å². The highest BCUT2D eigenvalue weighted by molar-refractivity contribution is 6.30. The first-order valence-electron chi connectivity index (χ1n) is 11.5. The van der Waals surface area contributed by atoms with Gasteiger partial charge in [-0.3, -0.25) is 4.90 Å². The van der Waals surface area contributed by atoms with Crippen LogP contribution in [0.1, 0.15) is 17.7 Å². The third kappa shape index (κ3) is 4.88. The zero-order chi connectivity index (χ0) is 21.8. The third-order valence-electron chi connectivity index (χ3n) is 6.35. The largest absolute Gasteiger partial charge is 0.303 e. The van der Waals surface area contributed by atoms with Gasteiger partial charge in [0, 0.05) is 49.5 Å². The molecule has 164 valence electrons. The summed E-state index contributed by atoms with van der Waals surface area (Å²) >= 11 is 6.11. The topological polar surface area (TPSA) is 23.8 Å². The Labute approximate surface area is 195 Å². The van der Waals surface area contributed by atoms with E-state index in [-0.39, 0.29) is 0 Å². The van der Waals surface area contributed by atoms with Gasteiger partial charge in [0.05, 0.1) is 11.4 Å². The van der Waals surface area contributed by atoms with Crippen molar-refractivity contribution < 1.29 is 0 Å². The predicted octanol–water partition coefficient (Wildman–Crippen LogP) is 5.41. The Kier molecular flexibility index (Phi) is 6.54. The molecular weight excluding hydrogens is 416 g/mol. The van der Waals surface area contributed by atoms with Crippen molar-refractivity contribution in [2.75, 3.05) is 32.7 Å². The number of imidazole rings is 1. The van der Waals surface area contributed by atoms with Crippen LogP contribution < -0.4 is 0 Å². The van der Waals surface area contributed by atoms with Crippen LogP contribution in [-0.4, -0.2) is 51.9 Å². The molecule has 1 aliphatic rings. The lowest BCUT2D eigenvalue weighted by molar-refractivity contribution is 0.126. The lowest BCUT2D eigenvalue weighted by atomic mass is 10.1. The summed E-state index contributed by atoms with van der Waals surface area (Å²) in [4.78, 5) is 10.1. The minimum Gasteiger partial charge on any atom is -0.303 e. The molecule has 32 heavy (non-hydrogen) atoms. The maximum absolute atomic E-state index is 6.11. The Morgan fingerprint density at radius 2 is 1.50 bits per heavy atom. The highest BCUT2D eigenvalue weighted by Gasteiger charge is 2.18. The number of pyridine rings is 1. The summed E-state index contributed by atoms with van der Waals surface area (Å²) < 4.78 is 2.24. The number of hydrogen-bond donors (Lipinski definition) is 0. The molecule has 0 N–H and O–H groups in total. The van der Waals surface area contributed by atoms with Gasteiger partial charge in [0.25, 0.3) is 0 Å². The summed E-state index contributed by atoms with van der Waals surface area (Å²) in [5.41, 5.74) is 5.89. The molecule has 2 aromatic heterocycles. The highest BCUT2D eigenvalue weighted by atomic mass is 35.5. The Morgan fingerprint density at radius 1 is 0.781 bits per heavy atom. The molecule has 1 fully saturated rings. The number of halogens is 1. The molecule has 0 spiro atoms. The molecule has 0 bridgehead atoms. The van der Waals surface area contributed by atoms with Gasteiger partial charge in [0.15, 0.2) is 0 Å². The highest BCUT2D eigenvalue weighted by Crippen LogP contribution is 2.27. The molecule has 2 aromatic carbocycles. The second-order valence-corrected chi connectivity index (χ2v) is 8.99. The first kappa shape index (κ1) is 21.2. The van der Waals surface area contributed by atoms with Gasteiger partial charge in [-0.25, -0.2) is 4.98 Å². The zero-order valence-electron chi connectivity index (χ0n) is 18.3. The van der Waals surface area contributed by atoms with Crippen LogP contribution in [0.5, 0.6) is 0 Å². The standard InChI is InChI=1S/C27H29ClN4/c28-24-13-11-23(12-14-24)27-25(32-16-5-4-10-26(32)29-27)9-6-15-30-17-19-31(20-18-30)21-22-7-2-1-3-8-22/h1-5,7-8,10-14,16H,6,9,15,17-21H2. The molecule has 0 aliphatic carbocycles. The van der Waals surface area contributed by atoms with Gasteiger partial charge in [-0.15, -0.1) is 0 Å². The molecule has 0 unspecified atom stereocenters. The van der Waals surface area contributed by atoms with Crippen molar-refractivity contribution in [2.24, 2.45) is 0 Å². The molecule has 0 atom stereocenters. The van der Waals surface area contributed by atoms with E-state index in [2.05, 4.69) is 75.0 Å². The smallest absolute Gasteiger partial charge is 0.137 e. The van der Waals surface area contributed by atoms with Crippen LogP contribution in [0.2, 0.25) is 5.02 Å². The number of hydrogen-bond acceptors (Lipinski definition) is 3. The number of rotatable bonds is 7. The fourth-order valence-electron chi connectivity index (χ4n) is 4.61. The number of piperazine rings is 1. The minimum atomic E-state index is 0.755. The van der Waals surface area contributed by atoms with E-state index in [1.807, 2.05) is 18.2 Å². The summed E-state index contributed by atoms with van der Waals surface area (Å²) in [6.45, 7) is 6.75. The molecule has 5 heteroatoms. The lowest BCUT2D eigenvalue weighted by Crippen LogP contribution is -2.46. The number of fused-ring (bicyclic) bond motifs is 1. The molecule has 1 saturated heterocycles. The van der Waals surface area contributed by atoms with E-state index in [0.717, 1.165) is 74.0 Å². The Hall–Kier alpha value is -2.66. The Morgan fingerprint density at radius 3 is 2.28 bits per heavy atom. The van der Waals surface area contributed by atoms with Crippen molar-refractivity contribution in [3.63, 3.8) is 0 Å². The quantitative estimate of drug-likeness (QED) is 0.381. The first-order valence-corrected chi connectivity index (χ1v) is 11.8. The van der Waals surface area contributed by atoms with Gasteiger partial charge >= 0.3 is 0 Å². The SMILES string of the molecule is Clc1ccc(-c2nc3ccccn3c2CCCN2CCN(Cc3ccccc3)CC2)cc1. The lowest BCUT2D eigenvalue weighted by Gasteiger charge is -2.34. The molecule has 0 saturated carbocycles. The third-order valence-corrected chi connectivity index (χ3v) is 6.60. The fourth-order valence-corrected chi connectivity index (χ4v) is 4.73. The molecule has 5 rings (SSSR count). The van der Waals surface area contributed by atoms with Crippen molar-refractivity contribution in [1.29, 1.82) is 0 Å². The van der Waals surface area contributed by atoms with Crippen LogP contribution in [0.3, 0.4) is 0 Å². The summed E-state index contributed by atoms with van der Waals surface area (Å²) in [7, 11) is 0. The van der Waals surface area contributed by atoms with E-state index < -0.39 is 0 Å². The molecule has 4 aromatic rings. The average Bonchev–Trinajstić information content (AvgIpc) is 3.20. The van der Waals surface area contributed by atoms with Crippen molar-refractivity contribution in [1.82, 2.24) is 19.2 Å².